The predicted octanol–water partition coefficient (Wildman–Crippen LogP) is 3.37. The standard InChI is InChI=1S/C15H15F2N3O2/c1-3-22-13-7-5-4-6-10(13)20-15(21)12-8-11(14(16)17)18-9(2)19-12/h4-8,14H,3H2,1-2H3,(H,20,21). The minimum Gasteiger partial charge on any atom is -0.492 e. The van der Waals surface area contributed by atoms with Gasteiger partial charge in [0.15, 0.2) is 0 Å². The number of hydrogen-bond donors (Lipinski definition) is 1. The van der Waals surface area contributed by atoms with E-state index in [9.17, 15) is 13.6 Å². The van der Waals surface area contributed by atoms with Gasteiger partial charge in [-0.25, -0.2) is 18.7 Å². The molecule has 1 aromatic carbocycles. The fraction of sp³-hybridized carbons (Fsp3) is 0.267. The van der Waals surface area contributed by atoms with Crippen molar-refractivity contribution in [3.05, 3.63) is 47.5 Å². The highest BCUT2D eigenvalue weighted by molar-refractivity contribution is 6.03. The zero-order valence-electron chi connectivity index (χ0n) is 12.1. The molecule has 116 valence electrons. The Morgan fingerprint density at radius 1 is 1.32 bits per heavy atom. The van der Waals surface area contributed by atoms with Crippen LogP contribution in [0.3, 0.4) is 0 Å². The number of hydrogen-bond acceptors (Lipinski definition) is 4. The summed E-state index contributed by atoms with van der Waals surface area (Å²) >= 11 is 0. The molecule has 1 N–H and O–H groups in total. The van der Waals surface area contributed by atoms with Crippen LogP contribution in [0.25, 0.3) is 0 Å². The Bertz CT molecular complexity index is 678. The van der Waals surface area contributed by atoms with E-state index in [1.165, 1.54) is 6.92 Å². The highest BCUT2D eigenvalue weighted by atomic mass is 19.3. The summed E-state index contributed by atoms with van der Waals surface area (Å²) in [7, 11) is 0. The molecule has 0 atom stereocenters. The highest BCUT2D eigenvalue weighted by Crippen LogP contribution is 2.24. The summed E-state index contributed by atoms with van der Waals surface area (Å²) in [6.07, 6.45) is -2.76. The Hall–Kier alpha value is -2.57. The molecule has 0 aliphatic rings. The van der Waals surface area contributed by atoms with Crippen LogP contribution in [0.15, 0.2) is 30.3 Å². The molecule has 0 bridgehead atoms. The van der Waals surface area contributed by atoms with Gasteiger partial charge in [-0.1, -0.05) is 12.1 Å². The average Bonchev–Trinajstić information content (AvgIpc) is 2.48. The number of anilines is 1. The van der Waals surface area contributed by atoms with Crippen molar-refractivity contribution in [3.63, 3.8) is 0 Å². The number of ether oxygens (including phenoxy) is 1. The molecule has 0 aliphatic carbocycles. The van der Waals surface area contributed by atoms with Crippen LogP contribution in [0, 0.1) is 6.92 Å². The van der Waals surface area contributed by atoms with Crippen LogP contribution in [0.1, 0.15) is 35.4 Å². The zero-order chi connectivity index (χ0) is 16.1. The van der Waals surface area contributed by atoms with Gasteiger partial charge in [-0.15, -0.1) is 0 Å². The predicted molar refractivity (Wildman–Crippen MR) is 77.3 cm³/mol. The number of carbonyl (C=O) groups is 1. The summed E-state index contributed by atoms with van der Waals surface area (Å²) in [6.45, 7) is 3.72. The van der Waals surface area contributed by atoms with Gasteiger partial charge in [-0.2, -0.15) is 0 Å². The van der Waals surface area contributed by atoms with Crippen molar-refractivity contribution in [1.29, 1.82) is 0 Å². The normalized spacial score (nSPS) is 10.6. The fourth-order valence-corrected chi connectivity index (χ4v) is 1.86. The van der Waals surface area contributed by atoms with Gasteiger partial charge in [0, 0.05) is 0 Å². The lowest BCUT2D eigenvalue weighted by Gasteiger charge is -2.11. The molecule has 2 aromatic rings. The van der Waals surface area contributed by atoms with Gasteiger partial charge in [0.2, 0.25) is 0 Å². The Labute approximate surface area is 126 Å². The third-order valence-corrected chi connectivity index (χ3v) is 2.75. The molecule has 0 fully saturated rings. The largest absolute Gasteiger partial charge is 0.492 e. The van der Waals surface area contributed by atoms with E-state index in [2.05, 4.69) is 15.3 Å². The quantitative estimate of drug-likeness (QED) is 0.920. The number of alkyl halides is 2. The summed E-state index contributed by atoms with van der Waals surface area (Å²) in [5.41, 5.74) is -0.144. The molecule has 1 aromatic heterocycles. The summed E-state index contributed by atoms with van der Waals surface area (Å²) in [5.74, 6) is 0.0128. The van der Waals surface area contributed by atoms with Crippen molar-refractivity contribution >= 4 is 11.6 Å². The van der Waals surface area contributed by atoms with Gasteiger partial charge in [0.25, 0.3) is 12.3 Å². The smallest absolute Gasteiger partial charge is 0.280 e. The van der Waals surface area contributed by atoms with Crippen LogP contribution in [0.5, 0.6) is 5.75 Å². The lowest BCUT2D eigenvalue weighted by atomic mass is 10.2. The second-order valence-corrected chi connectivity index (χ2v) is 4.41. The van der Waals surface area contributed by atoms with E-state index in [1.54, 1.807) is 24.3 Å². The maximum absolute atomic E-state index is 12.7. The first kappa shape index (κ1) is 15.8. The monoisotopic (exact) mass is 307 g/mol. The van der Waals surface area contributed by atoms with E-state index in [0.29, 0.717) is 18.0 Å². The maximum atomic E-state index is 12.7. The number of aryl methyl sites for hydroxylation is 1. The summed E-state index contributed by atoms with van der Waals surface area (Å²) in [6, 6.07) is 7.84. The number of halogens is 2. The second-order valence-electron chi connectivity index (χ2n) is 4.41. The number of nitrogens with one attached hydrogen (secondary N) is 1. The van der Waals surface area contributed by atoms with Gasteiger partial charge in [-0.3, -0.25) is 4.79 Å². The van der Waals surface area contributed by atoms with Crippen LogP contribution in [-0.2, 0) is 0 Å². The maximum Gasteiger partial charge on any atom is 0.280 e. The Morgan fingerprint density at radius 3 is 2.73 bits per heavy atom. The SMILES string of the molecule is CCOc1ccccc1NC(=O)c1cc(C(F)F)nc(C)n1. The minimum atomic E-state index is -2.76. The van der Waals surface area contributed by atoms with Crippen molar-refractivity contribution in [2.75, 3.05) is 11.9 Å². The van der Waals surface area contributed by atoms with Crippen LogP contribution in [0.4, 0.5) is 14.5 Å². The molecule has 1 amide bonds. The van der Waals surface area contributed by atoms with E-state index in [1.807, 2.05) is 6.92 Å². The average molecular weight is 307 g/mol. The number of benzene rings is 1. The van der Waals surface area contributed by atoms with E-state index in [-0.39, 0.29) is 11.5 Å². The summed E-state index contributed by atoms with van der Waals surface area (Å²) < 4.78 is 30.9. The first-order valence-corrected chi connectivity index (χ1v) is 6.68. The Kier molecular flexibility index (Phi) is 4.98. The van der Waals surface area contributed by atoms with Crippen molar-refractivity contribution < 1.29 is 18.3 Å². The van der Waals surface area contributed by atoms with Crippen LogP contribution >= 0.6 is 0 Å². The van der Waals surface area contributed by atoms with Crippen LogP contribution in [0.2, 0.25) is 0 Å². The van der Waals surface area contributed by atoms with Gasteiger partial charge < -0.3 is 10.1 Å². The molecule has 0 unspecified atom stereocenters. The fourth-order valence-electron chi connectivity index (χ4n) is 1.86. The van der Waals surface area contributed by atoms with Crippen molar-refractivity contribution in [3.8, 4) is 5.75 Å². The lowest BCUT2D eigenvalue weighted by molar-refractivity contribution is 0.102. The molecule has 0 saturated carbocycles. The van der Waals surface area contributed by atoms with Gasteiger partial charge >= 0.3 is 0 Å². The van der Waals surface area contributed by atoms with Crippen LogP contribution in [-0.4, -0.2) is 22.5 Å². The molecule has 0 saturated heterocycles. The van der Waals surface area contributed by atoms with Gasteiger partial charge in [0.1, 0.15) is 23.0 Å². The topological polar surface area (TPSA) is 64.1 Å². The molecule has 5 nitrogen and oxygen atoms in total. The first-order valence-electron chi connectivity index (χ1n) is 6.68. The molecule has 0 aliphatic heterocycles. The van der Waals surface area contributed by atoms with E-state index < -0.39 is 18.0 Å². The Morgan fingerprint density at radius 2 is 2.05 bits per heavy atom. The number of amides is 1. The molecule has 22 heavy (non-hydrogen) atoms. The highest BCUT2D eigenvalue weighted by Gasteiger charge is 2.16. The zero-order valence-corrected chi connectivity index (χ0v) is 12.1. The van der Waals surface area contributed by atoms with E-state index >= 15 is 0 Å². The lowest BCUT2D eigenvalue weighted by Crippen LogP contribution is -2.16. The van der Waals surface area contributed by atoms with E-state index in [0.717, 1.165) is 6.07 Å². The second kappa shape index (κ2) is 6.93. The number of rotatable bonds is 5. The van der Waals surface area contributed by atoms with Crippen molar-refractivity contribution in [2.24, 2.45) is 0 Å². The molecule has 1 heterocycles. The number of nitrogens with zero attached hydrogens (tertiary/aromatic N) is 2. The molecule has 0 radical (unpaired) electrons. The third-order valence-electron chi connectivity index (χ3n) is 2.75. The van der Waals surface area contributed by atoms with Crippen molar-refractivity contribution in [2.45, 2.75) is 20.3 Å². The molecular weight excluding hydrogens is 292 g/mol. The number of para-hydroxylation sites is 2. The number of carbonyl (C=O) groups excluding carboxylic acids is 1. The van der Waals surface area contributed by atoms with Crippen LogP contribution < -0.4 is 10.1 Å². The van der Waals surface area contributed by atoms with Crippen molar-refractivity contribution in [1.82, 2.24) is 9.97 Å². The summed E-state index contributed by atoms with van der Waals surface area (Å²) in [4.78, 5) is 19.7. The third kappa shape index (κ3) is 3.75. The minimum absolute atomic E-state index is 0.112. The van der Waals surface area contributed by atoms with E-state index in [4.69, 9.17) is 4.74 Å². The van der Waals surface area contributed by atoms with Gasteiger partial charge in [0.05, 0.1) is 12.3 Å². The summed E-state index contributed by atoms with van der Waals surface area (Å²) in [5, 5.41) is 2.61. The molecule has 7 heteroatoms. The number of aromatic nitrogens is 2. The molecular formula is C15H15F2N3O2. The molecule has 0 spiro atoms. The Balaban J connectivity index is 2.26. The van der Waals surface area contributed by atoms with Gasteiger partial charge in [-0.05, 0) is 32.0 Å². The first-order chi connectivity index (χ1) is 10.5. The molecule has 2 rings (SSSR count).